The summed E-state index contributed by atoms with van der Waals surface area (Å²) < 4.78 is 7.48. The summed E-state index contributed by atoms with van der Waals surface area (Å²) in [7, 11) is 0. The van der Waals surface area contributed by atoms with Crippen LogP contribution in [0, 0.1) is 22.7 Å². The lowest BCUT2D eigenvalue weighted by Crippen LogP contribution is -2.48. The fourth-order valence-electron chi connectivity index (χ4n) is 10.0. The predicted molar refractivity (Wildman–Crippen MR) is 233 cm³/mol. The van der Waals surface area contributed by atoms with Gasteiger partial charge < -0.3 is 24.8 Å². The van der Waals surface area contributed by atoms with Gasteiger partial charge in [-0.2, -0.15) is 10.4 Å². The van der Waals surface area contributed by atoms with E-state index in [-0.39, 0.29) is 23.8 Å². The second-order valence-corrected chi connectivity index (χ2v) is 18.6. The van der Waals surface area contributed by atoms with Crippen molar-refractivity contribution in [1.82, 2.24) is 40.0 Å². The van der Waals surface area contributed by atoms with Crippen LogP contribution in [0.3, 0.4) is 0 Å². The summed E-state index contributed by atoms with van der Waals surface area (Å²) in [6.45, 7) is 9.01. The smallest absolute Gasteiger partial charge is 0.234 e. The van der Waals surface area contributed by atoms with Gasteiger partial charge in [0.25, 0.3) is 0 Å². The van der Waals surface area contributed by atoms with Gasteiger partial charge in [0.15, 0.2) is 5.01 Å². The van der Waals surface area contributed by atoms with Gasteiger partial charge >= 0.3 is 0 Å². The Kier molecular flexibility index (Phi) is 11.1. The third-order valence-corrected chi connectivity index (χ3v) is 14.9. The summed E-state index contributed by atoms with van der Waals surface area (Å²) >= 11 is 1.65. The lowest BCUT2D eigenvalue weighted by atomic mass is 9.71. The van der Waals surface area contributed by atoms with Gasteiger partial charge in [0.05, 0.1) is 40.1 Å². The third-order valence-electron chi connectivity index (χ3n) is 13.9. The standard InChI is InChI=1S/C45H52N12O3S/c46-25-31-23-34-2-4-39(57(34)49-26-31)38-24-37(50-33-9-21-60-22-10-33)36(28-47-38)43-52-53-44(61-43)56-19-13-45(14-20-56)11-17-54(18-12-45)29-30-7-15-55(16-8-30)40-5-1-32(27-48-40)35-3-6-41(58)51-42(35)59/h1-2,4-5,23-24,26-28,30,33,35H,3,6-22,29H2,(H,47,50)(H,51,58,59). The molecule has 5 saturated heterocycles. The molecule has 0 aromatic carbocycles. The molecule has 10 heterocycles. The Morgan fingerprint density at radius 1 is 0.869 bits per heavy atom. The average molecular weight is 841 g/mol. The maximum absolute atomic E-state index is 12.3. The van der Waals surface area contributed by atoms with Gasteiger partial charge in [-0.1, -0.05) is 17.4 Å². The van der Waals surface area contributed by atoms with Crippen molar-refractivity contribution < 1.29 is 14.3 Å². The Bertz CT molecular complexity index is 2410. The van der Waals surface area contributed by atoms with E-state index >= 15 is 0 Å². The number of carbonyl (C=O) groups excluding carboxylic acids is 2. The van der Waals surface area contributed by atoms with Crippen molar-refractivity contribution >= 4 is 45.3 Å². The fourth-order valence-corrected chi connectivity index (χ4v) is 11.0. The first-order valence-electron chi connectivity index (χ1n) is 22.0. The van der Waals surface area contributed by atoms with Crippen molar-refractivity contribution in [2.75, 3.05) is 74.1 Å². The number of hydrogen-bond donors (Lipinski definition) is 2. The minimum atomic E-state index is -0.295. The normalized spacial score (nSPS) is 21.8. The summed E-state index contributed by atoms with van der Waals surface area (Å²) in [6.07, 6.45) is 15.3. The zero-order valence-corrected chi connectivity index (χ0v) is 35.3. The molecule has 5 aromatic rings. The topological polar surface area (TPSA) is 170 Å². The molecule has 5 aliphatic rings. The molecule has 1 unspecified atom stereocenters. The first-order valence-corrected chi connectivity index (χ1v) is 22.8. The van der Waals surface area contributed by atoms with E-state index in [1.54, 1.807) is 17.5 Å². The van der Waals surface area contributed by atoms with Gasteiger partial charge in [0.1, 0.15) is 11.9 Å². The molecule has 0 radical (unpaired) electrons. The first kappa shape index (κ1) is 39.6. The first-order chi connectivity index (χ1) is 29.9. The van der Waals surface area contributed by atoms with Crippen LogP contribution in [0.5, 0.6) is 0 Å². The number of imide groups is 1. The monoisotopic (exact) mass is 840 g/mol. The summed E-state index contributed by atoms with van der Waals surface area (Å²) in [5.74, 6) is 0.975. The molecule has 5 aromatic heterocycles. The number of rotatable bonds is 9. The number of likely N-dealkylation sites (tertiary alicyclic amines) is 1. The molecular formula is C45H52N12O3S. The molecule has 10 rings (SSSR count). The number of hydrogen-bond acceptors (Lipinski definition) is 14. The van der Waals surface area contributed by atoms with Crippen LogP contribution in [0.1, 0.15) is 81.3 Å². The van der Waals surface area contributed by atoms with E-state index in [0.717, 1.165) is 115 Å². The number of carbonyl (C=O) groups is 2. The van der Waals surface area contributed by atoms with E-state index < -0.39 is 0 Å². The van der Waals surface area contributed by atoms with Crippen molar-refractivity contribution in [2.45, 2.75) is 76.2 Å². The molecule has 16 heteroatoms. The van der Waals surface area contributed by atoms with Crippen molar-refractivity contribution in [1.29, 1.82) is 5.26 Å². The van der Waals surface area contributed by atoms with E-state index in [1.165, 1.54) is 45.3 Å². The van der Waals surface area contributed by atoms with Gasteiger partial charge in [-0.15, -0.1) is 10.2 Å². The highest BCUT2D eigenvalue weighted by Gasteiger charge is 2.39. The summed E-state index contributed by atoms with van der Waals surface area (Å²) in [5.41, 5.74) is 6.25. The molecular weight excluding hydrogens is 789 g/mol. The summed E-state index contributed by atoms with van der Waals surface area (Å²) in [6, 6.07) is 14.4. The maximum atomic E-state index is 12.3. The van der Waals surface area contributed by atoms with Crippen LogP contribution in [-0.4, -0.2) is 112 Å². The van der Waals surface area contributed by atoms with Crippen LogP contribution in [0.4, 0.5) is 16.6 Å². The molecule has 5 fully saturated rings. The lowest BCUT2D eigenvalue weighted by molar-refractivity contribution is -0.134. The zero-order valence-electron chi connectivity index (χ0n) is 34.5. The minimum Gasteiger partial charge on any atom is -0.381 e. The fraction of sp³-hybridized carbons (Fsp3) is 0.511. The van der Waals surface area contributed by atoms with Crippen molar-refractivity contribution in [3.63, 3.8) is 0 Å². The van der Waals surface area contributed by atoms with Gasteiger partial charge in [-0.3, -0.25) is 19.9 Å². The van der Waals surface area contributed by atoms with Crippen LogP contribution >= 0.6 is 11.3 Å². The molecule has 0 bridgehead atoms. The van der Waals surface area contributed by atoms with Crippen LogP contribution in [-0.2, 0) is 14.3 Å². The highest BCUT2D eigenvalue weighted by atomic mass is 32.1. The lowest BCUT2D eigenvalue weighted by Gasteiger charge is -2.47. The van der Waals surface area contributed by atoms with Crippen molar-refractivity contribution in [3.8, 4) is 28.0 Å². The highest BCUT2D eigenvalue weighted by molar-refractivity contribution is 7.18. The van der Waals surface area contributed by atoms with Crippen molar-refractivity contribution in [3.05, 3.63) is 66.1 Å². The van der Waals surface area contributed by atoms with E-state index in [4.69, 9.17) is 24.9 Å². The third kappa shape index (κ3) is 8.43. The summed E-state index contributed by atoms with van der Waals surface area (Å²) in [5, 5.41) is 31.4. The van der Waals surface area contributed by atoms with Crippen LogP contribution in [0.2, 0.25) is 0 Å². The van der Waals surface area contributed by atoms with Crippen LogP contribution < -0.4 is 20.4 Å². The number of nitrogens with one attached hydrogen (secondary N) is 2. The quantitative estimate of drug-likeness (QED) is 0.169. The average Bonchev–Trinajstić information content (AvgIpc) is 3.96. The van der Waals surface area contributed by atoms with Gasteiger partial charge in [-0.05, 0) is 118 Å². The molecule has 0 aliphatic carbocycles. The van der Waals surface area contributed by atoms with E-state index in [2.05, 4.69) is 42.6 Å². The molecule has 2 N–H and O–H groups in total. The Hall–Kier alpha value is -5.50. The van der Waals surface area contributed by atoms with Gasteiger partial charge in [0, 0.05) is 76.5 Å². The molecule has 5 aliphatic heterocycles. The molecule has 316 valence electrons. The highest BCUT2D eigenvalue weighted by Crippen LogP contribution is 2.44. The number of aromatic nitrogens is 6. The van der Waals surface area contributed by atoms with E-state index in [9.17, 15) is 14.9 Å². The SMILES string of the molecule is N#Cc1cnn2c(-c3cc(NC4CCOCC4)c(-c4nnc(N5CCC6(CCN(CC7CCN(c8ccc(C9CCC(=O)NC9=O)cn8)CC7)CC6)CC5)s4)cn3)ccc2c1. The van der Waals surface area contributed by atoms with E-state index in [0.29, 0.717) is 29.7 Å². The predicted octanol–water partition coefficient (Wildman–Crippen LogP) is 5.89. The molecule has 15 nitrogen and oxygen atoms in total. The Labute approximate surface area is 359 Å². The summed E-state index contributed by atoms with van der Waals surface area (Å²) in [4.78, 5) is 41.0. The number of amides is 2. The molecule has 0 saturated carbocycles. The number of piperidine rings is 4. The number of fused-ring (bicyclic) bond motifs is 1. The number of nitriles is 1. The van der Waals surface area contributed by atoms with Crippen LogP contribution in [0.25, 0.3) is 27.5 Å². The van der Waals surface area contributed by atoms with Gasteiger partial charge in [-0.25, -0.2) is 9.50 Å². The maximum Gasteiger partial charge on any atom is 0.234 e. The number of anilines is 3. The second-order valence-electron chi connectivity index (χ2n) is 17.6. The number of ether oxygens (including phenoxy) is 1. The van der Waals surface area contributed by atoms with Gasteiger partial charge in [0.2, 0.25) is 16.9 Å². The van der Waals surface area contributed by atoms with E-state index in [1.807, 2.05) is 47.2 Å². The molecule has 61 heavy (non-hydrogen) atoms. The molecule has 1 spiro atoms. The molecule has 2 amide bonds. The minimum absolute atomic E-state index is 0.189. The number of nitrogens with zero attached hydrogens (tertiary/aromatic N) is 10. The Morgan fingerprint density at radius 2 is 1.67 bits per heavy atom. The second kappa shape index (κ2) is 17.1. The largest absolute Gasteiger partial charge is 0.381 e. The number of pyridine rings is 2. The molecule has 1 atom stereocenters. The Balaban J connectivity index is 0.726. The van der Waals surface area contributed by atoms with Crippen molar-refractivity contribution in [2.24, 2.45) is 11.3 Å². The Morgan fingerprint density at radius 3 is 2.43 bits per heavy atom. The van der Waals surface area contributed by atoms with Crippen LogP contribution in [0.15, 0.2) is 55.0 Å². The zero-order chi connectivity index (χ0) is 41.3.